The van der Waals surface area contributed by atoms with Gasteiger partial charge in [-0.05, 0) is 35.2 Å². The minimum atomic E-state index is -0.547. The molecule has 0 saturated carbocycles. The fraction of sp³-hybridized carbons (Fsp3) is 0.227. The van der Waals surface area contributed by atoms with Crippen LogP contribution in [0.1, 0.15) is 47.0 Å². The Hall–Kier alpha value is -3.12. The Morgan fingerprint density at radius 3 is 2.45 bits per heavy atom. The maximum absolute atomic E-state index is 13.2. The molecule has 0 saturated heterocycles. The lowest BCUT2D eigenvalue weighted by atomic mass is 10.0. The summed E-state index contributed by atoms with van der Waals surface area (Å²) in [6.45, 7) is 4.77. The molecule has 1 aromatic heterocycles. The van der Waals surface area contributed by atoms with Crippen LogP contribution in [0.5, 0.6) is 0 Å². The normalized spacial score (nSPS) is 10.9. The van der Waals surface area contributed by atoms with Gasteiger partial charge in [0.25, 0.3) is 11.6 Å². The van der Waals surface area contributed by atoms with Gasteiger partial charge in [0, 0.05) is 18.7 Å². The molecule has 3 rings (SSSR count). The van der Waals surface area contributed by atoms with Gasteiger partial charge in [0.05, 0.1) is 28.3 Å². The molecule has 6 nitrogen and oxygen atoms in total. The molecule has 0 radical (unpaired) electrons. The molecule has 0 spiro atoms. The first-order chi connectivity index (χ1) is 13.8. The van der Waals surface area contributed by atoms with Crippen molar-refractivity contribution < 1.29 is 14.1 Å². The average molecular weight is 413 g/mol. The third-order valence-corrected chi connectivity index (χ3v) is 4.95. The van der Waals surface area contributed by atoms with E-state index < -0.39 is 10.8 Å². The Morgan fingerprint density at radius 1 is 1.14 bits per heavy atom. The van der Waals surface area contributed by atoms with Crippen LogP contribution in [0.2, 0.25) is 5.02 Å². The number of hydrogen-bond acceptors (Lipinski definition) is 4. The van der Waals surface area contributed by atoms with Gasteiger partial charge in [-0.15, -0.1) is 0 Å². The summed E-state index contributed by atoms with van der Waals surface area (Å²) in [6, 6.07) is 15.4. The predicted molar refractivity (Wildman–Crippen MR) is 111 cm³/mol. The third kappa shape index (κ3) is 5.03. The van der Waals surface area contributed by atoms with Gasteiger partial charge in [0.1, 0.15) is 5.76 Å². The Kier molecular flexibility index (Phi) is 6.34. The number of carbonyl (C=O) groups excluding carboxylic acids is 1. The molecule has 29 heavy (non-hydrogen) atoms. The zero-order valence-electron chi connectivity index (χ0n) is 16.2. The van der Waals surface area contributed by atoms with Crippen LogP contribution in [-0.2, 0) is 13.1 Å². The van der Waals surface area contributed by atoms with E-state index >= 15 is 0 Å². The van der Waals surface area contributed by atoms with Crippen molar-refractivity contribution in [2.75, 3.05) is 0 Å². The summed E-state index contributed by atoms with van der Waals surface area (Å²) in [5.41, 5.74) is 2.05. The van der Waals surface area contributed by atoms with Crippen LogP contribution < -0.4 is 0 Å². The largest absolute Gasteiger partial charge is 0.467 e. The van der Waals surface area contributed by atoms with E-state index in [2.05, 4.69) is 13.8 Å². The highest BCUT2D eigenvalue weighted by Gasteiger charge is 2.23. The van der Waals surface area contributed by atoms with E-state index in [0.717, 1.165) is 5.56 Å². The number of non-ortho nitro benzene ring substituents is 1. The minimum Gasteiger partial charge on any atom is -0.467 e. The van der Waals surface area contributed by atoms with Crippen molar-refractivity contribution in [1.29, 1.82) is 0 Å². The molecule has 0 bridgehead atoms. The zero-order valence-corrected chi connectivity index (χ0v) is 16.9. The predicted octanol–water partition coefficient (Wildman–Crippen LogP) is 5.81. The SMILES string of the molecule is CC(C)c1ccc(CN(Cc2ccco2)C(=O)c2cc([N+](=O)[O-])ccc2Cl)cc1. The molecule has 0 fully saturated rings. The van der Waals surface area contributed by atoms with Gasteiger partial charge in [-0.1, -0.05) is 49.7 Å². The van der Waals surface area contributed by atoms with Crippen molar-refractivity contribution in [2.24, 2.45) is 0 Å². The number of rotatable bonds is 7. The van der Waals surface area contributed by atoms with Crippen LogP contribution in [0.25, 0.3) is 0 Å². The fourth-order valence-corrected chi connectivity index (χ4v) is 3.18. The Bertz CT molecular complexity index is 998. The lowest BCUT2D eigenvalue weighted by Crippen LogP contribution is -2.30. The summed E-state index contributed by atoms with van der Waals surface area (Å²) >= 11 is 6.19. The summed E-state index contributed by atoms with van der Waals surface area (Å²) in [6.07, 6.45) is 1.54. The Morgan fingerprint density at radius 2 is 1.86 bits per heavy atom. The third-order valence-electron chi connectivity index (χ3n) is 4.63. The first-order valence-electron chi connectivity index (χ1n) is 9.19. The highest BCUT2D eigenvalue weighted by Crippen LogP contribution is 2.25. The molecule has 0 aliphatic rings. The summed E-state index contributed by atoms with van der Waals surface area (Å²) in [7, 11) is 0. The molecule has 0 aliphatic heterocycles. The summed E-state index contributed by atoms with van der Waals surface area (Å²) in [5, 5.41) is 11.3. The fourth-order valence-electron chi connectivity index (χ4n) is 2.98. The van der Waals surface area contributed by atoms with Crippen LogP contribution in [0, 0.1) is 10.1 Å². The summed E-state index contributed by atoms with van der Waals surface area (Å²) < 4.78 is 5.40. The van der Waals surface area contributed by atoms with Crippen molar-refractivity contribution in [3.8, 4) is 0 Å². The molecule has 0 N–H and O–H groups in total. The van der Waals surface area contributed by atoms with Crippen LogP contribution >= 0.6 is 11.6 Å². The monoisotopic (exact) mass is 412 g/mol. The van der Waals surface area contributed by atoms with E-state index in [4.69, 9.17) is 16.0 Å². The standard InChI is InChI=1S/C22H21ClN2O4/c1-15(2)17-7-5-16(6-8-17)13-24(14-19-4-3-11-29-19)22(26)20-12-18(25(27)28)9-10-21(20)23/h3-12,15H,13-14H2,1-2H3. The van der Waals surface area contributed by atoms with Crippen LogP contribution in [0.3, 0.4) is 0 Å². The number of amides is 1. The number of nitro groups is 1. The van der Waals surface area contributed by atoms with Crippen molar-refractivity contribution in [1.82, 2.24) is 4.90 Å². The maximum Gasteiger partial charge on any atom is 0.270 e. The quantitative estimate of drug-likeness (QED) is 0.362. The molecule has 0 unspecified atom stereocenters. The zero-order chi connectivity index (χ0) is 21.0. The van der Waals surface area contributed by atoms with Gasteiger partial charge in [-0.25, -0.2) is 0 Å². The van der Waals surface area contributed by atoms with Gasteiger partial charge in [0.15, 0.2) is 0 Å². The van der Waals surface area contributed by atoms with E-state index in [-0.39, 0.29) is 22.8 Å². The topological polar surface area (TPSA) is 76.6 Å². The molecule has 150 valence electrons. The van der Waals surface area contributed by atoms with E-state index in [1.54, 1.807) is 17.0 Å². The lowest BCUT2D eigenvalue weighted by molar-refractivity contribution is -0.384. The number of furan rings is 1. The molecule has 0 atom stereocenters. The van der Waals surface area contributed by atoms with Gasteiger partial charge in [0.2, 0.25) is 0 Å². The molecule has 2 aromatic carbocycles. The molecular formula is C22H21ClN2O4. The second kappa shape index (κ2) is 8.92. The second-order valence-electron chi connectivity index (χ2n) is 7.06. The average Bonchev–Trinajstić information content (AvgIpc) is 3.20. The number of halogens is 1. The highest BCUT2D eigenvalue weighted by molar-refractivity contribution is 6.33. The first-order valence-corrected chi connectivity index (χ1v) is 9.57. The number of nitrogens with zero attached hydrogens (tertiary/aromatic N) is 2. The van der Waals surface area contributed by atoms with Crippen LogP contribution in [0.15, 0.2) is 65.3 Å². The van der Waals surface area contributed by atoms with Gasteiger partial charge in [-0.2, -0.15) is 0 Å². The molecule has 3 aromatic rings. The molecular weight excluding hydrogens is 392 g/mol. The van der Waals surface area contributed by atoms with Crippen molar-refractivity contribution in [3.63, 3.8) is 0 Å². The number of hydrogen-bond donors (Lipinski definition) is 0. The minimum absolute atomic E-state index is 0.0891. The van der Waals surface area contributed by atoms with E-state index in [1.165, 1.54) is 30.0 Å². The molecule has 7 heteroatoms. The molecule has 1 heterocycles. The smallest absolute Gasteiger partial charge is 0.270 e. The van der Waals surface area contributed by atoms with Crippen LogP contribution in [0.4, 0.5) is 5.69 Å². The maximum atomic E-state index is 13.2. The van der Waals surface area contributed by atoms with Crippen molar-refractivity contribution in [2.45, 2.75) is 32.9 Å². The van der Waals surface area contributed by atoms with E-state index in [0.29, 0.717) is 18.2 Å². The van der Waals surface area contributed by atoms with Crippen molar-refractivity contribution >= 4 is 23.2 Å². The first kappa shape index (κ1) is 20.6. The van der Waals surface area contributed by atoms with Crippen LogP contribution in [-0.4, -0.2) is 15.7 Å². The van der Waals surface area contributed by atoms with Gasteiger partial charge in [-0.3, -0.25) is 14.9 Å². The second-order valence-corrected chi connectivity index (χ2v) is 7.47. The van der Waals surface area contributed by atoms with Gasteiger partial charge < -0.3 is 9.32 Å². The van der Waals surface area contributed by atoms with Crippen molar-refractivity contribution in [3.05, 3.63) is 98.4 Å². The van der Waals surface area contributed by atoms with Gasteiger partial charge >= 0.3 is 0 Å². The van der Waals surface area contributed by atoms with E-state index in [9.17, 15) is 14.9 Å². The molecule has 1 amide bonds. The summed E-state index contributed by atoms with van der Waals surface area (Å²) in [5.74, 6) is 0.621. The number of carbonyl (C=O) groups is 1. The Balaban J connectivity index is 1.91. The van der Waals surface area contributed by atoms with E-state index in [1.807, 2.05) is 24.3 Å². The highest BCUT2D eigenvalue weighted by atomic mass is 35.5. The molecule has 0 aliphatic carbocycles. The Labute approximate surface area is 173 Å². The number of nitro benzene ring substituents is 1. The summed E-state index contributed by atoms with van der Waals surface area (Å²) in [4.78, 5) is 25.4. The lowest BCUT2D eigenvalue weighted by Gasteiger charge is -2.23. The number of benzene rings is 2.